The lowest BCUT2D eigenvalue weighted by Gasteiger charge is -2.14. The van der Waals surface area contributed by atoms with E-state index in [1.165, 1.54) is 0 Å². The van der Waals surface area contributed by atoms with Crippen molar-refractivity contribution in [2.24, 2.45) is 0 Å². The summed E-state index contributed by atoms with van der Waals surface area (Å²) in [6.07, 6.45) is 1.95. The Morgan fingerprint density at radius 3 is 2.42 bits per heavy atom. The summed E-state index contributed by atoms with van der Waals surface area (Å²) in [7, 11) is 0. The molecule has 0 saturated heterocycles. The van der Waals surface area contributed by atoms with E-state index in [-0.39, 0.29) is 5.69 Å². The molecular formula is C23H17F4N5O. The van der Waals surface area contributed by atoms with Crippen LogP contribution in [0.15, 0.2) is 73.3 Å². The van der Waals surface area contributed by atoms with Crippen molar-refractivity contribution in [3.8, 4) is 17.1 Å². The number of aryl methyl sites for hydroxylation is 1. The van der Waals surface area contributed by atoms with Gasteiger partial charge in [-0.3, -0.25) is 9.55 Å². The number of amides is 2. The van der Waals surface area contributed by atoms with Gasteiger partial charge in [0.15, 0.2) is 0 Å². The minimum atomic E-state index is -4.87. The molecule has 0 aliphatic carbocycles. The van der Waals surface area contributed by atoms with Gasteiger partial charge in [-0.2, -0.15) is 13.2 Å². The smallest absolute Gasteiger partial charge is 0.308 e. The predicted molar refractivity (Wildman–Crippen MR) is 116 cm³/mol. The summed E-state index contributed by atoms with van der Waals surface area (Å²) in [6.45, 7) is 1.78. The van der Waals surface area contributed by atoms with Crippen molar-refractivity contribution in [1.82, 2.24) is 14.5 Å². The fourth-order valence-corrected chi connectivity index (χ4v) is 3.27. The highest BCUT2D eigenvalue weighted by atomic mass is 19.4. The van der Waals surface area contributed by atoms with E-state index in [4.69, 9.17) is 0 Å². The maximum Gasteiger partial charge on any atom is 0.419 e. The van der Waals surface area contributed by atoms with E-state index in [0.29, 0.717) is 29.2 Å². The molecule has 168 valence electrons. The molecule has 0 radical (unpaired) electrons. The van der Waals surface area contributed by atoms with Gasteiger partial charge in [0, 0.05) is 47.4 Å². The fraction of sp³-hybridized carbons (Fsp3) is 0.0870. The number of hydrogen-bond donors (Lipinski definition) is 2. The van der Waals surface area contributed by atoms with Crippen LogP contribution in [-0.2, 0) is 6.18 Å². The molecule has 6 nitrogen and oxygen atoms in total. The van der Waals surface area contributed by atoms with Gasteiger partial charge in [0.05, 0.1) is 5.56 Å². The first-order chi connectivity index (χ1) is 15.7. The van der Waals surface area contributed by atoms with Crippen LogP contribution in [0.5, 0.6) is 0 Å². The van der Waals surface area contributed by atoms with Crippen LogP contribution in [0.1, 0.15) is 11.1 Å². The van der Waals surface area contributed by atoms with Crippen molar-refractivity contribution in [2.45, 2.75) is 13.1 Å². The maximum atomic E-state index is 13.4. The van der Waals surface area contributed by atoms with Gasteiger partial charge in [-0.15, -0.1) is 0 Å². The molecule has 0 atom stereocenters. The third-order valence-electron chi connectivity index (χ3n) is 4.85. The number of nitrogens with zero attached hydrogens (tertiary/aromatic N) is 3. The maximum absolute atomic E-state index is 13.4. The highest BCUT2D eigenvalue weighted by Gasteiger charge is 2.34. The molecule has 2 heterocycles. The highest BCUT2D eigenvalue weighted by Crippen LogP contribution is 2.33. The van der Waals surface area contributed by atoms with Crippen LogP contribution < -0.4 is 10.6 Å². The van der Waals surface area contributed by atoms with Crippen molar-refractivity contribution in [2.75, 3.05) is 10.6 Å². The average Bonchev–Trinajstić information content (AvgIpc) is 3.26. The highest BCUT2D eigenvalue weighted by molar-refractivity contribution is 6.00. The summed E-state index contributed by atoms with van der Waals surface area (Å²) < 4.78 is 54.0. The second-order valence-electron chi connectivity index (χ2n) is 7.13. The Hall–Kier alpha value is -4.21. The molecule has 2 N–H and O–H groups in total. The lowest BCUT2D eigenvalue weighted by atomic mass is 10.1. The van der Waals surface area contributed by atoms with Gasteiger partial charge >= 0.3 is 12.2 Å². The Labute approximate surface area is 185 Å². The molecule has 10 heteroatoms. The molecular weight excluding hydrogens is 438 g/mol. The molecule has 4 aromatic rings. The zero-order chi connectivity index (χ0) is 23.6. The number of benzene rings is 2. The number of alkyl halides is 3. The van der Waals surface area contributed by atoms with E-state index in [2.05, 4.69) is 20.6 Å². The molecule has 0 bridgehead atoms. The van der Waals surface area contributed by atoms with E-state index < -0.39 is 23.6 Å². The summed E-state index contributed by atoms with van der Waals surface area (Å²) in [5.41, 5.74) is 1.22. The fourth-order valence-electron chi connectivity index (χ4n) is 3.27. The Morgan fingerprint density at radius 1 is 0.970 bits per heavy atom. The quantitative estimate of drug-likeness (QED) is 0.368. The Kier molecular flexibility index (Phi) is 5.82. The number of hydrogen-bond acceptors (Lipinski definition) is 3. The minimum Gasteiger partial charge on any atom is -0.308 e. The van der Waals surface area contributed by atoms with E-state index in [9.17, 15) is 22.4 Å². The summed E-state index contributed by atoms with van der Waals surface area (Å²) in [5.74, 6) is -0.697. The number of carbonyl (C=O) groups excluding carboxylic acids is 1. The van der Waals surface area contributed by atoms with Gasteiger partial charge in [0.2, 0.25) is 0 Å². The second kappa shape index (κ2) is 8.73. The number of nitrogens with one attached hydrogen (secondary N) is 2. The molecule has 2 amide bonds. The number of rotatable bonds is 4. The summed E-state index contributed by atoms with van der Waals surface area (Å²) in [6, 6.07) is 10.5. The zero-order valence-corrected chi connectivity index (χ0v) is 17.2. The first-order valence-electron chi connectivity index (χ1n) is 9.72. The molecule has 4 rings (SSSR count). The molecule has 0 unspecified atom stereocenters. The van der Waals surface area contributed by atoms with Gasteiger partial charge in [0.1, 0.15) is 11.6 Å². The molecule has 0 aliphatic heterocycles. The molecule has 33 heavy (non-hydrogen) atoms. The number of carbonyl (C=O) groups is 1. The van der Waals surface area contributed by atoms with Crippen LogP contribution in [0, 0.1) is 12.7 Å². The van der Waals surface area contributed by atoms with Crippen LogP contribution in [0.25, 0.3) is 17.1 Å². The Bertz CT molecular complexity index is 1300. The molecule has 0 spiro atoms. The minimum absolute atomic E-state index is 0.184. The topological polar surface area (TPSA) is 71.8 Å². The van der Waals surface area contributed by atoms with E-state index >= 15 is 0 Å². The molecule has 2 aromatic carbocycles. The molecule has 0 saturated carbocycles. The van der Waals surface area contributed by atoms with E-state index in [1.807, 2.05) is 22.8 Å². The number of pyridine rings is 1. The van der Waals surface area contributed by atoms with Gasteiger partial charge < -0.3 is 10.6 Å². The molecule has 0 fully saturated rings. The van der Waals surface area contributed by atoms with Crippen molar-refractivity contribution in [3.05, 3.63) is 90.3 Å². The largest absolute Gasteiger partial charge is 0.419 e. The Morgan fingerprint density at radius 2 is 1.73 bits per heavy atom. The van der Waals surface area contributed by atoms with Crippen LogP contribution in [-0.4, -0.2) is 20.6 Å². The number of imidazole rings is 1. The normalized spacial score (nSPS) is 11.3. The average molecular weight is 455 g/mol. The van der Waals surface area contributed by atoms with Crippen LogP contribution in [0.2, 0.25) is 0 Å². The van der Waals surface area contributed by atoms with Crippen LogP contribution in [0.4, 0.5) is 33.7 Å². The first kappa shape index (κ1) is 22.0. The zero-order valence-electron chi connectivity index (χ0n) is 17.2. The molecule has 2 aromatic heterocycles. The number of anilines is 2. The van der Waals surface area contributed by atoms with Gasteiger partial charge in [0.25, 0.3) is 0 Å². The van der Waals surface area contributed by atoms with Gasteiger partial charge in [-0.25, -0.2) is 14.2 Å². The SMILES string of the molecule is Cc1cc(-n2ccnc2-c2ccncc2)ccc1NC(=O)Nc1ccc(F)c(C(F)(F)F)c1. The monoisotopic (exact) mass is 455 g/mol. The van der Waals surface area contributed by atoms with Crippen molar-refractivity contribution < 1.29 is 22.4 Å². The number of aromatic nitrogens is 3. The second-order valence-corrected chi connectivity index (χ2v) is 7.13. The lowest BCUT2D eigenvalue weighted by Crippen LogP contribution is -2.20. The summed E-state index contributed by atoms with van der Waals surface area (Å²) >= 11 is 0. The lowest BCUT2D eigenvalue weighted by molar-refractivity contribution is -0.139. The summed E-state index contributed by atoms with van der Waals surface area (Å²) in [4.78, 5) is 20.7. The van der Waals surface area contributed by atoms with Gasteiger partial charge in [-0.05, 0) is 61.0 Å². The number of urea groups is 1. The van der Waals surface area contributed by atoms with Crippen molar-refractivity contribution >= 4 is 17.4 Å². The standard InChI is InChI=1S/C23H17F4N5O/c1-14-12-17(32-11-10-29-21(32)15-6-8-28-9-7-15)3-5-20(14)31-22(33)30-16-2-4-19(24)18(13-16)23(25,26)27/h2-13H,1H3,(H2,30,31,33). The first-order valence-corrected chi connectivity index (χ1v) is 9.72. The third kappa shape index (κ3) is 4.84. The van der Waals surface area contributed by atoms with Crippen LogP contribution >= 0.6 is 0 Å². The van der Waals surface area contributed by atoms with Gasteiger partial charge in [-0.1, -0.05) is 0 Å². The van der Waals surface area contributed by atoms with Crippen LogP contribution in [0.3, 0.4) is 0 Å². The predicted octanol–water partition coefficient (Wildman–Crippen LogP) is 6.04. The molecule has 0 aliphatic rings. The van der Waals surface area contributed by atoms with Crippen molar-refractivity contribution in [1.29, 1.82) is 0 Å². The van der Waals surface area contributed by atoms with E-state index in [1.54, 1.807) is 43.8 Å². The Balaban J connectivity index is 1.51. The third-order valence-corrected chi connectivity index (χ3v) is 4.85. The van der Waals surface area contributed by atoms with E-state index in [0.717, 1.165) is 17.3 Å². The number of halogens is 4. The summed E-state index contributed by atoms with van der Waals surface area (Å²) in [5, 5.41) is 4.88. The van der Waals surface area contributed by atoms with Crippen molar-refractivity contribution in [3.63, 3.8) is 0 Å².